The third-order valence-electron chi connectivity index (χ3n) is 2.35. The molecule has 0 amide bonds. The second kappa shape index (κ2) is 6.86. The average molecular weight is 241 g/mol. The Bertz CT molecular complexity index is 307. The number of thiazole rings is 1. The zero-order chi connectivity index (χ0) is 12.0. The Labute approximate surface area is 103 Å². The molecule has 0 saturated heterocycles. The molecule has 3 nitrogen and oxygen atoms in total. The lowest BCUT2D eigenvalue weighted by Gasteiger charge is -2.05. The summed E-state index contributed by atoms with van der Waals surface area (Å²) < 4.78 is 0. The topological polar surface area (TPSA) is 28.2 Å². The standard InChI is InChI=1S/C12H23N3S/c1-5-7-10-11(9-13-8-6-2)16-12(14-10)15(3)4/h13H,5-9H2,1-4H3. The van der Waals surface area contributed by atoms with Crippen LogP contribution in [-0.2, 0) is 13.0 Å². The Morgan fingerprint density at radius 3 is 2.56 bits per heavy atom. The van der Waals surface area contributed by atoms with Gasteiger partial charge in [-0.05, 0) is 19.4 Å². The van der Waals surface area contributed by atoms with Gasteiger partial charge in [0.1, 0.15) is 0 Å². The van der Waals surface area contributed by atoms with Crippen LogP contribution in [0.4, 0.5) is 5.13 Å². The van der Waals surface area contributed by atoms with Crippen LogP contribution < -0.4 is 10.2 Å². The van der Waals surface area contributed by atoms with Crippen molar-refractivity contribution in [2.45, 2.75) is 39.7 Å². The highest BCUT2D eigenvalue weighted by molar-refractivity contribution is 7.15. The van der Waals surface area contributed by atoms with Gasteiger partial charge in [0.2, 0.25) is 0 Å². The molecule has 1 rings (SSSR count). The zero-order valence-electron chi connectivity index (χ0n) is 10.8. The Morgan fingerprint density at radius 1 is 1.25 bits per heavy atom. The quantitative estimate of drug-likeness (QED) is 0.744. The monoisotopic (exact) mass is 241 g/mol. The summed E-state index contributed by atoms with van der Waals surface area (Å²) >= 11 is 1.81. The lowest BCUT2D eigenvalue weighted by atomic mass is 10.2. The van der Waals surface area contributed by atoms with Crippen molar-refractivity contribution in [1.82, 2.24) is 10.3 Å². The summed E-state index contributed by atoms with van der Waals surface area (Å²) in [5, 5.41) is 4.58. The minimum Gasteiger partial charge on any atom is -0.354 e. The molecule has 0 aliphatic heterocycles. The van der Waals surface area contributed by atoms with Crippen molar-refractivity contribution in [2.24, 2.45) is 0 Å². The predicted molar refractivity (Wildman–Crippen MR) is 72.4 cm³/mol. The van der Waals surface area contributed by atoms with Crippen LogP contribution in [0.5, 0.6) is 0 Å². The summed E-state index contributed by atoms with van der Waals surface area (Å²) in [4.78, 5) is 8.17. The first-order valence-electron chi connectivity index (χ1n) is 6.05. The second-order valence-electron chi connectivity index (χ2n) is 4.19. The van der Waals surface area contributed by atoms with E-state index in [0.717, 1.165) is 31.1 Å². The first-order valence-corrected chi connectivity index (χ1v) is 6.87. The highest BCUT2D eigenvalue weighted by Gasteiger charge is 2.11. The largest absolute Gasteiger partial charge is 0.354 e. The molecule has 0 radical (unpaired) electrons. The van der Waals surface area contributed by atoms with Gasteiger partial charge in [0.15, 0.2) is 5.13 Å². The molecule has 1 heterocycles. The number of nitrogens with one attached hydrogen (secondary N) is 1. The van der Waals surface area contributed by atoms with Gasteiger partial charge in [-0.2, -0.15) is 0 Å². The second-order valence-corrected chi connectivity index (χ2v) is 5.25. The van der Waals surface area contributed by atoms with E-state index in [2.05, 4.69) is 43.1 Å². The molecule has 4 heteroatoms. The van der Waals surface area contributed by atoms with Gasteiger partial charge in [-0.25, -0.2) is 4.98 Å². The molecule has 0 aliphatic rings. The van der Waals surface area contributed by atoms with Crippen LogP contribution in [0.1, 0.15) is 37.3 Å². The molecule has 1 N–H and O–H groups in total. The molecule has 16 heavy (non-hydrogen) atoms. The van der Waals surface area contributed by atoms with Crippen LogP contribution in [0.3, 0.4) is 0 Å². The van der Waals surface area contributed by atoms with Gasteiger partial charge in [0.05, 0.1) is 5.69 Å². The van der Waals surface area contributed by atoms with E-state index in [4.69, 9.17) is 0 Å². The van der Waals surface area contributed by atoms with Gasteiger partial charge in [0, 0.05) is 25.5 Å². The molecular formula is C12H23N3S. The number of hydrogen-bond acceptors (Lipinski definition) is 4. The van der Waals surface area contributed by atoms with Crippen molar-refractivity contribution in [1.29, 1.82) is 0 Å². The Kier molecular flexibility index (Phi) is 5.77. The number of aromatic nitrogens is 1. The third-order valence-corrected chi connectivity index (χ3v) is 3.61. The van der Waals surface area contributed by atoms with E-state index in [0.29, 0.717) is 0 Å². The highest BCUT2D eigenvalue weighted by atomic mass is 32.1. The van der Waals surface area contributed by atoms with Crippen molar-refractivity contribution in [2.75, 3.05) is 25.5 Å². The average Bonchev–Trinajstić information content (AvgIpc) is 2.63. The van der Waals surface area contributed by atoms with E-state index in [1.807, 2.05) is 11.3 Å². The SMILES string of the molecule is CCCNCc1sc(N(C)C)nc1CCC. The van der Waals surface area contributed by atoms with E-state index in [1.165, 1.54) is 17.0 Å². The maximum Gasteiger partial charge on any atom is 0.185 e. The molecule has 1 aromatic heterocycles. The van der Waals surface area contributed by atoms with Crippen molar-refractivity contribution in [3.63, 3.8) is 0 Å². The van der Waals surface area contributed by atoms with Crippen LogP contribution in [-0.4, -0.2) is 25.6 Å². The fourth-order valence-corrected chi connectivity index (χ4v) is 2.51. The summed E-state index contributed by atoms with van der Waals surface area (Å²) in [5.74, 6) is 0. The van der Waals surface area contributed by atoms with Crippen LogP contribution in [0, 0.1) is 0 Å². The van der Waals surface area contributed by atoms with Gasteiger partial charge in [-0.15, -0.1) is 11.3 Å². The molecule has 0 atom stereocenters. The lowest BCUT2D eigenvalue weighted by Crippen LogP contribution is -2.13. The Hall–Kier alpha value is -0.610. The number of nitrogens with zero attached hydrogens (tertiary/aromatic N) is 2. The Balaban J connectivity index is 2.70. The summed E-state index contributed by atoms with van der Waals surface area (Å²) in [6.07, 6.45) is 3.44. The van der Waals surface area contributed by atoms with Crippen LogP contribution >= 0.6 is 11.3 Å². The molecule has 0 spiro atoms. The molecule has 0 aliphatic carbocycles. The molecule has 0 bridgehead atoms. The summed E-state index contributed by atoms with van der Waals surface area (Å²) in [7, 11) is 4.11. The number of anilines is 1. The molecular weight excluding hydrogens is 218 g/mol. The van der Waals surface area contributed by atoms with Crippen LogP contribution in [0.2, 0.25) is 0 Å². The van der Waals surface area contributed by atoms with Gasteiger partial charge >= 0.3 is 0 Å². The van der Waals surface area contributed by atoms with Crippen molar-refractivity contribution in [3.8, 4) is 0 Å². The van der Waals surface area contributed by atoms with Crippen LogP contribution in [0.15, 0.2) is 0 Å². The molecule has 0 aromatic carbocycles. The first-order chi connectivity index (χ1) is 7.69. The summed E-state index contributed by atoms with van der Waals surface area (Å²) in [5.41, 5.74) is 1.28. The fourth-order valence-electron chi connectivity index (χ4n) is 1.51. The van der Waals surface area contributed by atoms with Gasteiger partial charge in [0.25, 0.3) is 0 Å². The van der Waals surface area contributed by atoms with Crippen molar-refractivity contribution >= 4 is 16.5 Å². The van der Waals surface area contributed by atoms with Crippen LogP contribution in [0.25, 0.3) is 0 Å². The van der Waals surface area contributed by atoms with Gasteiger partial charge < -0.3 is 10.2 Å². The zero-order valence-corrected chi connectivity index (χ0v) is 11.7. The van der Waals surface area contributed by atoms with E-state index in [9.17, 15) is 0 Å². The molecule has 0 fully saturated rings. The van der Waals surface area contributed by atoms with Crippen molar-refractivity contribution in [3.05, 3.63) is 10.6 Å². The summed E-state index contributed by atoms with van der Waals surface area (Å²) in [6, 6.07) is 0. The van der Waals surface area contributed by atoms with Crippen molar-refractivity contribution < 1.29 is 0 Å². The van der Waals surface area contributed by atoms with Gasteiger partial charge in [-0.1, -0.05) is 20.3 Å². The van der Waals surface area contributed by atoms with E-state index < -0.39 is 0 Å². The Morgan fingerprint density at radius 2 is 2.00 bits per heavy atom. The van der Waals surface area contributed by atoms with E-state index >= 15 is 0 Å². The maximum absolute atomic E-state index is 4.68. The van der Waals surface area contributed by atoms with Gasteiger partial charge in [-0.3, -0.25) is 0 Å². The smallest absolute Gasteiger partial charge is 0.185 e. The molecule has 1 aromatic rings. The third kappa shape index (κ3) is 3.76. The number of rotatable bonds is 7. The fraction of sp³-hybridized carbons (Fsp3) is 0.750. The maximum atomic E-state index is 4.68. The first kappa shape index (κ1) is 13.5. The summed E-state index contributed by atoms with van der Waals surface area (Å²) in [6.45, 7) is 6.45. The normalized spacial score (nSPS) is 10.8. The minimum absolute atomic E-state index is 0.967. The molecule has 0 unspecified atom stereocenters. The number of aryl methyl sites for hydroxylation is 1. The predicted octanol–water partition coefficient (Wildman–Crippen LogP) is 2.66. The lowest BCUT2D eigenvalue weighted by molar-refractivity contribution is 0.674. The molecule has 0 saturated carbocycles. The van der Waals surface area contributed by atoms with E-state index in [1.54, 1.807) is 0 Å². The molecule has 92 valence electrons. The van der Waals surface area contributed by atoms with E-state index in [-0.39, 0.29) is 0 Å². The highest BCUT2D eigenvalue weighted by Crippen LogP contribution is 2.25. The number of hydrogen-bond donors (Lipinski definition) is 1. The minimum atomic E-state index is 0.967.